The van der Waals surface area contributed by atoms with Gasteiger partial charge in [-0.25, -0.2) is 0 Å². The van der Waals surface area contributed by atoms with Crippen LogP contribution < -0.4 is 0 Å². The third-order valence-electron chi connectivity index (χ3n) is 2.93. The number of benzene rings is 2. The second-order valence-corrected chi connectivity index (χ2v) is 5.45. The summed E-state index contributed by atoms with van der Waals surface area (Å²) in [5.74, 6) is 0.262. The molecule has 19 heavy (non-hydrogen) atoms. The Morgan fingerprint density at radius 2 is 1.79 bits per heavy atom. The Hall–Kier alpha value is -2.13. The minimum Gasteiger partial charge on any atom is -0.508 e. The molecule has 3 rings (SSSR count). The molecule has 94 valence electrons. The van der Waals surface area contributed by atoms with Gasteiger partial charge in [-0.1, -0.05) is 18.2 Å². The number of hydrogen-bond acceptors (Lipinski definition) is 3. The first kappa shape index (κ1) is 11.9. The van der Waals surface area contributed by atoms with Crippen LogP contribution in [0.5, 0.6) is 5.75 Å². The monoisotopic (exact) mass is 267 g/mol. The predicted octanol–water partition coefficient (Wildman–Crippen LogP) is 4.75. The molecule has 0 amide bonds. The summed E-state index contributed by atoms with van der Waals surface area (Å²) >= 11 is 1.75. The molecule has 0 saturated carbocycles. The van der Waals surface area contributed by atoms with E-state index in [-0.39, 0.29) is 5.75 Å². The zero-order valence-corrected chi connectivity index (χ0v) is 11.3. The highest BCUT2D eigenvalue weighted by Gasteiger charge is 2.04. The van der Waals surface area contributed by atoms with Crippen LogP contribution in [0.3, 0.4) is 0 Å². The molecule has 0 bridgehead atoms. The normalized spacial score (nSPS) is 11.9. The minimum atomic E-state index is 0.262. The standard InChI is InChI=1S/C16H13NOS/c1-11(17-13-6-8-14(18)9-7-13)16-10-12-4-2-3-5-15(12)19-16/h2-10,18H,1H3/b17-11+. The van der Waals surface area contributed by atoms with Crippen molar-refractivity contribution >= 4 is 32.8 Å². The van der Waals surface area contributed by atoms with Crippen molar-refractivity contribution in [3.8, 4) is 5.75 Å². The number of thiophene rings is 1. The molecule has 2 nitrogen and oxygen atoms in total. The molecule has 0 aliphatic rings. The van der Waals surface area contributed by atoms with Gasteiger partial charge in [-0.2, -0.15) is 0 Å². The van der Waals surface area contributed by atoms with Gasteiger partial charge >= 0.3 is 0 Å². The molecular formula is C16H13NOS. The van der Waals surface area contributed by atoms with Crippen molar-refractivity contribution < 1.29 is 5.11 Å². The topological polar surface area (TPSA) is 32.6 Å². The number of nitrogens with zero attached hydrogens (tertiary/aromatic N) is 1. The van der Waals surface area contributed by atoms with Crippen molar-refractivity contribution in [3.05, 3.63) is 59.5 Å². The van der Waals surface area contributed by atoms with Crippen LogP contribution in [0, 0.1) is 0 Å². The molecule has 0 aliphatic carbocycles. The van der Waals surface area contributed by atoms with Gasteiger partial charge in [-0.15, -0.1) is 11.3 Å². The second-order valence-electron chi connectivity index (χ2n) is 4.36. The van der Waals surface area contributed by atoms with E-state index in [1.54, 1.807) is 23.5 Å². The van der Waals surface area contributed by atoms with Crippen LogP contribution in [0.1, 0.15) is 11.8 Å². The maximum Gasteiger partial charge on any atom is 0.115 e. The van der Waals surface area contributed by atoms with Gasteiger partial charge in [-0.3, -0.25) is 4.99 Å². The summed E-state index contributed by atoms with van der Waals surface area (Å²) in [5.41, 5.74) is 1.85. The third-order valence-corrected chi connectivity index (χ3v) is 4.15. The lowest BCUT2D eigenvalue weighted by atomic mass is 10.2. The lowest BCUT2D eigenvalue weighted by Crippen LogP contribution is -1.88. The summed E-state index contributed by atoms with van der Waals surface area (Å²) in [5, 5.41) is 10.5. The largest absolute Gasteiger partial charge is 0.508 e. The summed E-state index contributed by atoms with van der Waals surface area (Å²) in [6.07, 6.45) is 0. The number of aliphatic imine (C=N–C) groups is 1. The molecule has 0 fully saturated rings. The van der Waals surface area contributed by atoms with Crippen LogP contribution in [0.4, 0.5) is 5.69 Å². The summed E-state index contributed by atoms with van der Waals surface area (Å²) < 4.78 is 1.28. The maximum atomic E-state index is 9.26. The van der Waals surface area contributed by atoms with E-state index in [0.29, 0.717) is 0 Å². The van der Waals surface area contributed by atoms with Crippen LogP contribution in [-0.2, 0) is 0 Å². The Labute approximate surface area is 115 Å². The molecule has 3 heteroatoms. The van der Waals surface area contributed by atoms with E-state index in [1.807, 2.05) is 25.1 Å². The van der Waals surface area contributed by atoms with Crippen molar-refractivity contribution in [2.45, 2.75) is 6.92 Å². The highest BCUT2D eigenvalue weighted by atomic mass is 32.1. The molecule has 1 N–H and O–H groups in total. The number of phenolic OH excluding ortho intramolecular Hbond substituents is 1. The Kier molecular flexibility index (Phi) is 3.05. The number of rotatable bonds is 2. The molecule has 0 radical (unpaired) electrons. The SMILES string of the molecule is C/C(=N\c1ccc(O)cc1)c1cc2ccccc2s1. The summed E-state index contributed by atoms with van der Waals surface area (Å²) in [6.45, 7) is 2.01. The van der Waals surface area contributed by atoms with Crippen molar-refractivity contribution in [2.75, 3.05) is 0 Å². The fourth-order valence-electron chi connectivity index (χ4n) is 1.94. The summed E-state index contributed by atoms with van der Waals surface area (Å²) in [6, 6.07) is 17.4. The Morgan fingerprint density at radius 1 is 1.05 bits per heavy atom. The van der Waals surface area contributed by atoms with E-state index < -0.39 is 0 Å². The van der Waals surface area contributed by atoms with E-state index in [2.05, 4.69) is 29.3 Å². The van der Waals surface area contributed by atoms with Gasteiger partial charge in [0.2, 0.25) is 0 Å². The Balaban J connectivity index is 1.98. The average Bonchev–Trinajstić information content (AvgIpc) is 2.85. The van der Waals surface area contributed by atoms with E-state index in [9.17, 15) is 5.11 Å². The highest BCUT2D eigenvalue weighted by Crippen LogP contribution is 2.27. The molecule has 1 heterocycles. The average molecular weight is 267 g/mol. The molecule has 0 unspecified atom stereocenters. The van der Waals surface area contributed by atoms with Gasteiger partial charge in [0.25, 0.3) is 0 Å². The van der Waals surface area contributed by atoms with Crippen LogP contribution in [0.15, 0.2) is 59.6 Å². The molecule has 0 atom stereocenters. The summed E-state index contributed by atoms with van der Waals surface area (Å²) in [4.78, 5) is 5.76. The lowest BCUT2D eigenvalue weighted by Gasteiger charge is -1.98. The zero-order valence-electron chi connectivity index (χ0n) is 10.5. The molecular weight excluding hydrogens is 254 g/mol. The molecule has 0 aliphatic heterocycles. The van der Waals surface area contributed by atoms with Gasteiger partial charge in [-0.05, 0) is 48.7 Å². The summed E-state index contributed by atoms with van der Waals surface area (Å²) in [7, 11) is 0. The van der Waals surface area contributed by atoms with Crippen LogP contribution in [-0.4, -0.2) is 10.8 Å². The van der Waals surface area contributed by atoms with Crippen LogP contribution >= 0.6 is 11.3 Å². The van der Waals surface area contributed by atoms with Crippen molar-refractivity contribution in [3.63, 3.8) is 0 Å². The number of hydrogen-bond donors (Lipinski definition) is 1. The van der Waals surface area contributed by atoms with Gasteiger partial charge < -0.3 is 5.11 Å². The fraction of sp³-hybridized carbons (Fsp3) is 0.0625. The van der Waals surface area contributed by atoms with E-state index in [0.717, 1.165) is 11.4 Å². The first-order valence-corrected chi connectivity index (χ1v) is 6.87. The lowest BCUT2D eigenvalue weighted by molar-refractivity contribution is 0.475. The second kappa shape index (κ2) is 4.86. The van der Waals surface area contributed by atoms with Gasteiger partial charge in [0.15, 0.2) is 0 Å². The molecule has 0 saturated heterocycles. The minimum absolute atomic E-state index is 0.262. The molecule has 2 aromatic carbocycles. The van der Waals surface area contributed by atoms with E-state index in [1.165, 1.54) is 15.0 Å². The number of fused-ring (bicyclic) bond motifs is 1. The Morgan fingerprint density at radius 3 is 2.53 bits per heavy atom. The first-order chi connectivity index (χ1) is 9.22. The predicted molar refractivity (Wildman–Crippen MR) is 81.8 cm³/mol. The van der Waals surface area contributed by atoms with Gasteiger partial charge in [0.05, 0.1) is 11.4 Å². The zero-order chi connectivity index (χ0) is 13.2. The highest BCUT2D eigenvalue weighted by molar-refractivity contribution is 7.20. The van der Waals surface area contributed by atoms with Crippen molar-refractivity contribution in [1.82, 2.24) is 0 Å². The van der Waals surface area contributed by atoms with E-state index in [4.69, 9.17) is 0 Å². The number of phenols is 1. The van der Waals surface area contributed by atoms with Gasteiger partial charge in [0.1, 0.15) is 5.75 Å². The fourth-order valence-corrected chi connectivity index (χ4v) is 2.94. The molecule has 1 aromatic heterocycles. The Bertz CT molecular complexity index is 708. The van der Waals surface area contributed by atoms with E-state index >= 15 is 0 Å². The molecule has 0 spiro atoms. The van der Waals surface area contributed by atoms with Crippen molar-refractivity contribution in [1.29, 1.82) is 0 Å². The first-order valence-electron chi connectivity index (χ1n) is 6.06. The maximum absolute atomic E-state index is 9.26. The number of aromatic hydroxyl groups is 1. The van der Waals surface area contributed by atoms with Gasteiger partial charge in [0, 0.05) is 9.58 Å². The third kappa shape index (κ3) is 2.51. The van der Waals surface area contributed by atoms with Crippen molar-refractivity contribution in [2.24, 2.45) is 4.99 Å². The quantitative estimate of drug-likeness (QED) is 0.668. The molecule has 3 aromatic rings. The van der Waals surface area contributed by atoms with Crippen LogP contribution in [0.25, 0.3) is 10.1 Å². The smallest absolute Gasteiger partial charge is 0.115 e. The van der Waals surface area contributed by atoms with Crippen LogP contribution in [0.2, 0.25) is 0 Å².